The van der Waals surface area contributed by atoms with Crippen LogP contribution in [0.5, 0.6) is 17.2 Å². The van der Waals surface area contributed by atoms with Gasteiger partial charge in [0.05, 0.1) is 13.7 Å². The maximum atomic E-state index is 12.2. The Balaban J connectivity index is 2.68. The lowest BCUT2D eigenvalue weighted by Gasteiger charge is -2.29. The molecule has 0 aliphatic rings. The van der Waals surface area contributed by atoms with Gasteiger partial charge < -0.3 is 29.4 Å². The summed E-state index contributed by atoms with van der Waals surface area (Å²) in [7, 11) is 1.17. The van der Waals surface area contributed by atoms with E-state index in [1.807, 2.05) is 0 Å². The van der Waals surface area contributed by atoms with E-state index in [9.17, 15) is 55.5 Å². The fourth-order valence-corrected chi connectivity index (χ4v) is 3.64. The van der Waals surface area contributed by atoms with Crippen molar-refractivity contribution < 1.29 is 64.2 Å². The van der Waals surface area contributed by atoms with Crippen molar-refractivity contribution in [3.63, 3.8) is 0 Å². The van der Waals surface area contributed by atoms with Crippen LogP contribution in [0.4, 0.5) is 0 Å². The Morgan fingerprint density at radius 1 is 0.878 bits per heavy atom. The number of unbranched alkanes of at least 4 members (excludes halogenated alkanes) is 3. The average molecular weight is 596 g/mol. The summed E-state index contributed by atoms with van der Waals surface area (Å²) in [6, 6.07) is 2.24. The molecule has 1 unspecified atom stereocenters. The number of rotatable bonds is 22. The zero-order valence-corrected chi connectivity index (χ0v) is 21.6. The molecule has 0 radical (unpaired) electrons. The first kappa shape index (κ1) is 33.9. The van der Waals surface area contributed by atoms with Crippen molar-refractivity contribution in [1.82, 2.24) is 0 Å². The van der Waals surface area contributed by atoms with E-state index < -0.39 is 62.7 Å². The van der Waals surface area contributed by atoms with Crippen LogP contribution in [-0.4, -0.2) is 68.7 Å². The maximum Gasteiger partial charge on any atom is 0.342 e. The minimum Gasteiger partial charge on any atom is -0.504 e. The van der Waals surface area contributed by atoms with Gasteiger partial charge in [-0.3, -0.25) is 9.68 Å². The summed E-state index contributed by atoms with van der Waals surface area (Å²) in [6.45, 7) is -0.925. The minimum atomic E-state index is -2.32. The van der Waals surface area contributed by atoms with E-state index in [0.717, 1.165) is 12.1 Å². The number of carbonyl (C=O) groups excluding carboxylic acids is 1. The third kappa shape index (κ3) is 12.5. The Morgan fingerprint density at radius 3 is 2.02 bits per heavy atom. The Kier molecular flexibility index (Phi) is 13.9. The molecule has 0 aromatic heterocycles. The highest BCUT2D eigenvalue weighted by atomic mass is 17.1. The summed E-state index contributed by atoms with van der Waals surface area (Å²) in [5.74, 6) is -4.59. The first-order valence-corrected chi connectivity index (χ1v) is 11.8. The van der Waals surface area contributed by atoms with E-state index in [1.165, 1.54) is 7.11 Å². The van der Waals surface area contributed by atoms with Gasteiger partial charge in [-0.1, -0.05) is 6.42 Å². The monoisotopic (exact) mass is 596 g/mol. The standard InChI is InChI=1S/C20H28N4O17/c1-36-18-16(25)9-8-15(17(18)26)19(27)37-12-6-2-4-10-20(40-23(32)33,41-24(34)35)11-5-3-7-14(39-22(30)31)13-38-21(28)29/h8-9,14,25-26H,2-7,10-13H2,1H3. The third-order valence-electron chi connectivity index (χ3n) is 5.39. The highest BCUT2D eigenvalue weighted by Crippen LogP contribution is 2.38. The number of carbonyl (C=O) groups is 1. The van der Waals surface area contributed by atoms with Crippen molar-refractivity contribution >= 4 is 5.97 Å². The number of aromatic hydroxyl groups is 2. The van der Waals surface area contributed by atoms with Crippen molar-refractivity contribution in [2.45, 2.75) is 63.3 Å². The van der Waals surface area contributed by atoms with Crippen molar-refractivity contribution in [3.8, 4) is 17.2 Å². The number of hydrogen-bond acceptors (Lipinski definition) is 17. The summed E-state index contributed by atoms with van der Waals surface area (Å²) < 4.78 is 9.85. The van der Waals surface area contributed by atoms with Crippen LogP contribution in [-0.2, 0) is 24.1 Å². The fourth-order valence-electron chi connectivity index (χ4n) is 3.64. The molecule has 0 bridgehead atoms. The van der Waals surface area contributed by atoms with E-state index in [4.69, 9.17) is 9.47 Å². The molecule has 1 aromatic rings. The largest absolute Gasteiger partial charge is 0.504 e. The van der Waals surface area contributed by atoms with Crippen molar-refractivity contribution in [1.29, 1.82) is 0 Å². The Labute approximate surface area is 229 Å². The molecule has 1 rings (SSSR count). The van der Waals surface area contributed by atoms with Gasteiger partial charge in [0, 0.05) is 12.8 Å². The summed E-state index contributed by atoms with van der Waals surface area (Å²) in [5.41, 5.74) is -0.270. The van der Waals surface area contributed by atoms with Gasteiger partial charge in [-0.15, -0.1) is 40.5 Å². The number of phenolic OH excluding ortho intramolecular Hbond substituents is 2. The van der Waals surface area contributed by atoms with Gasteiger partial charge in [0.1, 0.15) is 18.3 Å². The van der Waals surface area contributed by atoms with Gasteiger partial charge in [-0.05, 0) is 44.2 Å². The molecule has 21 heteroatoms. The first-order chi connectivity index (χ1) is 19.3. The van der Waals surface area contributed by atoms with Crippen LogP contribution in [0.2, 0.25) is 0 Å². The fraction of sp³-hybridized carbons (Fsp3) is 0.650. The van der Waals surface area contributed by atoms with Gasteiger partial charge in [0.15, 0.2) is 11.5 Å². The zero-order valence-electron chi connectivity index (χ0n) is 21.6. The predicted octanol–water partition coefficient (Wildman–Crippen LogP) is 2.28. The molecule has 2 N–H and O–H groups in total. The zero-order chi connectivity index (χ0) is 31.0. The number of ether oxygens (including phenoxy) is 2. The minimum absolute atomic E-state index is 0.00826. The number of phenols is 2. The SMILES string of the molecule is COc1c(O)ccc(C(=O)OCCCCCC(CCCCC(CO[N+](=O)[O-])O[N+](=O)[O-])(O[N+](=O)[O-])O[N+](=O)[O-])c1O. The van der Waals surface area contributed by atoms with Crippen LogP contribution in [0.1, 0.15) is 61.7 Å². The molecule has 1 atom stereocenters. The second kappa shape index (κ2) is 16.8. The van der Waals surface area contributed by atoms with Crippen LogP contribution >= 0.6 is 0 Å². The van der Waals surface area contributed by atoms with Crippen LogP contribution in [0.3, 0.4) is 0 Å². The van der Waals surface area contributed by atoms with E-state index in [-0.39, 0.29) is 62.9 Å². The number of benzene rings is 1. The lowest BCUT2D eigenvalue weighted by Crippen LogP contribution is -2.40. The van der Waals surface area contributed by atoms with E-state index in [2.05, 4.69) is 19.4 Å². The summed E-state index contributed by atoms with van der Waals surface area (Å²) in [4.78, 5) is 72.5. The highest BCUT2D eigenvalue weighted by molar-refractivity contribution is 5.94. The molecule has 0 saturated carbocycles. The van der Waals surface area contributed by atoms with Crippen LogP contribution < -0.4 is 4.74 Å². The van der Waals surface area contributed by atoms with Crippen LogP contribution in [0.15, 0.2) is 12.1 Å². The third-order valence-corrected chi connectivity index (χ3v) is 5.39. The highest BCUT2D eigenvalue weighted by Gasteiger charge is 2.38. The van der Waals surface area contributed by atoms with Gasteiger partial charge in [0.25, 0.3) is 26.1 Å². The molecule has 230 valence electrons. The molecule has 0 aliphatic carbocycles. The molecule has 0 aliphatic heterocycles. The topological polar surface area (TPSA) is 285 Å². The number of nitrogens with zero attached hydrogens (tertiary/aromatic N) is 4. The first-order valence-electron chi connectivity index (χ1n) is 11.8. The predicted molar refractivity (Wildman–Crippen MR) is 127 cm³/mol. The van der Waals surface area contributed by atoms with Gasteiger partial charge in [-0.2, -0.15) is 0 Å². The molecule has 0 spiro atoms. The number of esters is 1. The van der Waals surface area contributed by atoms with Crippen molar-refractivity contribution in [3.05, 3.63) is 58.2 Å². The Morgan fingerprint density at radius 2 is 1.49 bits per heavy atom. The second-order valence-corrected chi connectivity index (χ2v) is 8.22. The van der Waals surface area contributed by atoms with Crippen LogP contribution in [0, 0.1) is 40.5 Å². The lowest BCUT2D eigenvalue weighted by atomic mass is 10.00. The summed E-state index contributed by atoms with van der Waals surface area (Å²) in [6.07, 6.45) is -1.82. The van der Waals surface area contributed by atoms with Crippen LogP contribution in [0.25, 0.3) is 0 Å². The molecular weight excluding hydrogens is 568 g/mol. The van der Waals surface area contributed by atoms with Crippen molar-refractivity contribution in [2.24, 2.45) is 0 Å². The van der Waals surface area contributed by atoms with E-state index in [1.54, 1.807) is 0 Å². The molecule has 1 aromatic carbocycles. The Hall–Kier alpha value is -5.11. The maximum absolute atomic E-state index is 12.2. The smallest absolute Gasteiger partial charge is 0.342 e. The molecular formula is C20H28N4O17. The lowest BCUT2D eigenvalue weighted by molar-refractivity contribution is -0.873. The van der Waals surface area contributed by atoms with Crippen molar-refractivity contribution in [2.75, 3.05) is 20.3 Å². The van der Waals surface area contributed by atoms with Gasteiger partial charge in [0.2, 0.25) is 5.75 Å². The molecule has 0 heterocycles. The summed E-state index contributed by atoms with van der Waals surface area (Å²) in [5, 5.41) is 57.7. The number of methoxy groups -OCH3 is 1. The van der Waals surface area contributed by atoms with Gasteiger partial charge in [-0.25, -0.2) is 4.79 Å². The van der Waals surface area contributed by atoms with Gasteiger partial charge >= 0.3 is 5.97 Å². The molecule has 0 fully saturated rings. The van der Waals surface area contributed by atoms with E-state index in [0.29, 0.717) is 0 Å². The second-order valence-electron chi connectivity index (χ2n) is 8.22. The Bertz CT molecular complexity index is 1050. The molecule has 21 nitrogen and oxygen atoms in total. The van der Waals surface area contributed by atoms with E-state index >= 15 is 0 Å². The summed E-state index contributed by atoms with van der Waals surface area (Å²) >= 11 is 0. The average Bonchev–Trinajstić information content (AvgIpc) is 2.86. The normalized spacial score (nSPS) is 11.5. The molecule has 41 heavy (non-hydrogen) atoms. The number of hydrogen-bond donors (Lipinski definition) is 2. The quantitative estimate of drug-likeness (QED) is 0.0637. The molecule has 0 saturated heterocycles. The molecule has 0 amide bonds.